The fourth-order valence-corrected chi connectivity index (χ4v) is 5.09. The van der Waals surface area contributed by atoms with Crippen LogP contribution < -0.4 is 19.7 Å². The van der Waals surface area contributed by atoms with Crippen molar-refractivity contribution in [3.05, 3.63) is 95.0 Å². The number of hydrogen-bond acceptors (Lipinski definition) is 6. The predicted octanol–water partition coefficient (Wildman–Crippen LogP) is 3.48. The minimum atomic E-state index is -4.29. The summed E-state index contributed by atoms with van der Waals surface area (Å²) >= 11 is 1.43. The fourth-order valence-electron chi connectivity index (χ4n) is 3.70. The maximum atomic E-state index is 13.8. The molecule has 3 N–H and O–H groups in total. The molecule has 4 aromatic rings. The van der Waals surface area contributed by atoms with Crippen molar-refractivity contribution in [3.8, 4) is 0 Å². The number of thiazole rings is 1. The van der Waals surface area contributed by atoms with E-state index in [1.807, 2.05) is 0 Å². The van der Waals surface area contributed by atoms with Gasteiger partial charge in [0.1, 0.15) is 17.7 Å². The fraction of sp³-hybridized carbons (Fsp3) is 0.160. The summed E-state index contributed by atoms with van der Waals surface area (Å²) in [5.74, 6) is -2.36. The highest BCUT2D eigenvalue weighted by molar-refractivity contribution is 7.88. The number of aromatic nitrogens is 1. The van der Waals surface area contributed by atoms with Gasteiger partial charge in [-0.1, -0.05) is 30.3 Å². The van der Waals surface area contributed by atoms with Gasteiger partial charge in [-0.25, -0.2) is 23.3 Å². The normalized spacial score (nSPS) is 12.2. The van der Waals surface area contributed by atoms with Crippen LogP contribution in [0.4, 0.5) is 19.3 Å². The van der Waals surface area contributed by atoms with E-state index >= 15 is 0 Å². The molecule has 0 spiro atoms. The molecule has 0 radical (unpaired) electrons. The van der Waals surface area contributed by atoms with Gasteiger partial charge < -0.3 is 10.2 Å². The van der Waals surface area contributed by atoms with Crippen LogP contribution >= 0.6 is 11.3 Å². The van der Waals surface area contributed by atoms with Gasteiger partial charge in [-0.15, -0.1) is 11.3 Å². The highest BCUT2D eigenvalue weighted by atomic mass is 32.2. The average molecular weight is 560 g/mol. The molecule has 38 heavy (non-hydrogen) atoms. The third kappa shape index (κ3) is 7.09. The number of hydrogen-bond donors (Lipinski definition) is 3. The molecule has 1 aromatic heterocycles. The Hall–Kier alpha value is -3.94. The smallest absolute Gasteiger partial charge is 0.325 e. The van der Waals surface area contributed by atoms with Crippen molar-refractivity contribution >= 4 is 49.4 Å². The zero-order valence-corrected chi connectivity index (χ0v) is 21.7. The molecule has 4 rings (SSSR count). The monoisotopic (exact) mass is 559 g/mol. The molecule has 3 amide bonds. The van der Waals surface area contributed by atoms with Crippen molar-refractivity contribution in [2.75, 3.05) is 11.9 Å². The molecular formula is C25H23F2N5O4S2. The van der Waals surface area contributed by atoms with Gasteiger partial charge in [-0.2, -0.15) is 13.1 Å². The third-order valence-electron chi connectivity index (χ3n) is 5.53. The molecule has 0 bridgehead atoms. The standard InChI is InChI=1S/C25H23F2N5O4S2/c1-32(20-7-8-23-21(13-20)28-15-37-23)24(33)22(11-17-9-18(26)12-19(27)10-17)30-25(34)31-38(35,36)29-14-16-5-3-2-4-6-16/h2-10,12-13,15,22,29H,11,14H2,1H3,(H2,30,31,34)/t22-/m0/s1. The Kier molecular flexibility index (Phi) is 8.29. The van der Waals surface area contributed by atoms with Crippen molar-refractivity contribution in [2.45, 2.75) is 19.0 Å². The highest BCUT2D eigenvalue weighted by Gasteiger charge is 2.27. The van der Waals surface area contributed by atoms with E-state index in [2.05, 4.69) is 15.0 Å². The lowest BCUT2D eigenvalue weighted by Crippen LogP contribution is -2.54. The molecular weight excluding hydrogens is 536 g/mol. The number of likely N-dealkylation sites (N-methyl/N-ethyl adjacent to an activating group) is 1. The van der Waals surface area contributed by atoms with Gasteiger partial charge in [-0.3, -0.25) is 4.79 Å². The van der Waals surface area contributed by atoms with Crippen molar-refractivity contribution in [2.24, 2.45) is 0 Å². The van der Waals surface area contributed by atoms with Crippen LogP contribution in [0.1, 0.15) is 11.1 Å². The van der Waals surface area contributed by atoms with Crippen LogP contribution in [0.25, 0.3) is 10.2 Å². The number of rotatable bonds is 9. The number of carbonyl (C=O) groups is 2. The minimum Gasteiger partial charge on any atom is -0.325 e. The summed E-state index contributed by atoms with van der Waals surface area (Å²) in [7, 11) is -2.83. The maximum absolute atomic E-state index is 13.8. The molecule has 0 saturated heterocycles. The van der Waals surface area contributed by atoms with E-state index in [9.17, 15) is 26.8 Å². The van der Waals surface area contributed by atoms with E-state index < -0.39 is 39.8 Å². The van der Waals surface area contributed by atoms with E-state index in [4.69, 9.17) is 0 Å². The number of anilines is 1. The summed E-state index contributed by atoms with van der Waals surface area (Å²) in [5.41, 5.74) is 3.54. The molecule has 0 aliphatic rings. The molecule has 9 nitrogen and oxygen atoms in total. The maximum Gasteiger partial charge on any atom is 0.330 e. The Morgan fingerprint density at radius 3 is 2.42 bits per heavy atom. The number of nitrogens with one attached hydrogen (secondary N) is 3. The zero-order chi connectivity index (χ0) is 27.3. The number of nitrogens with zero attached hydrogens (tertiary/aromatic N) is 2. The Bertz CT molecular complexity index is 1540. The topological polar surface area (TPSA) is 121 Å². The number of fused-ring (bicyclic) bond motifs is 1. The summed E-state index contributed by atoms with van der Waals surface area (Å²) < 4.78 is 57.3. The molecule has 3 aromatic carbocycles. The molecule has 0 saturated carbocycles. The molecule has 1 atom stereocenters. The first-order chi connectivity index (χ1) is 18.1. The minimum absolute atomic E-state index is 0.0732. The van der Waals surface area contributed by atoms with Gasteiger partial charge >= 0.3 is 16.2 Å². The quantitative estimate of drug-likeness (QED) is 0.290. The van der Waals surface area contributed by atoms with Crippen LogP contribution in [0.2, 0.25) is 0 Å². The first-order valence-corrected chi connectivity index (χ1v) is 13.6. The lowest BCUT2D eigenvalue weighted by atomic mass is 10.0. The average Bonchev–Trinajstić information content (AvgIpc) is 3.34. The number of amides is 3. The SMILES string of the molecule is CN(C(=O)[C@H](Cc1cc(F)cc(F)c1)NC(=O)NS(=O)(=O)NCc1ccccc1)c1ccc2scnc2c1. The van der Waals surface area contributed by atoms with Crippen LogP contribution in [0.3, 0.4) is 0 Å². The van der Waals surface area contributed by atoms with Crippen LogP contribution in [-0.4, -0.2) is 38.4 Å². The summed E-state index contributed by atoms with van der Waals surface area (Å²) in [6, 6.07) is 14.0. The second-order valence-electron chi connectivity index (χ2n) is 8.32. The Morgan fingerprint density at radius 1 is 1.00 bits per heavy atom. The van der Waals surface area contributed by atoms with E-state index in [0.29, 0.717) is 22.8 Å². The van der Waals surface area contributed by atoms with Crippen molar-refractivity contribution in [1.82, 2.24) is 19.7 Å². The first kappa shape index (κ1) is 27.1. The molecule has 0 unspecified atom stereocenters. The molecule has 0 aliphatic carbocycles. The Balaban J connectivity index is 1.51. The van der Waals surface area contributed by atoms with E-state index in [1.54, 1.807) is 58.8 Å². The van der Waals surface area contributed by atoms with Crippen LogP contribution in [0.15, 0.2) is 72.2 Å². The lowest BCUT2D eigenvalue weighted by molar-refractivity contribution is -0.120. The summed E-state index contributed by atoms with van der Waals surface area (Å²) in [4.78, 5) is 31.5. The van der Waals surface area contributed by atoms with Crippen molar-refractivity contribution < 1.29 is 26.8 Å². The van der Waals surface area contributed by atoms with E-state index in [-0.39, 0.29) is 18.5 Å². The third-order valence-corrected chi connectivity index (χ3v) is 7.32. The number of urea groups is 1. The van der Waals surface area contributed by atoms with Gasteiger partial charge in [0.05, 0.1) is 15.7 Å². The summed E-state index contributed by atoms with van der Waals surface area (Å²) in [6.45, 7) is -0.0732. The Labute approximate surface area is 221 Å². The van der Waals surface area contributed by atoms with Crippen LogP contribution in [-0.2, 0) is 28.0 Å². The number of carbonyl (C=O) groups excluding carboxylic acids is 2. The van der Waals surface area contributed by atoms with Gasteiger partial charge in [0.15, 0.2) is 0 Å². The van der Waals surface area contributed by atoms with Crippen LogP contribution in [0.5, 0.6) is 0 Å². The summed E-state index contributed by atoms with van der Waals surface area (Å²) in [6.07, 6.45) is -0.304. The number of halogens is 2. The zero-order valence-electron chi connectivity index (χ0n) is 20.0. The van der Waals surface area contributed by atoms with Crippen LogP contribution in [0, 0.1) is 11.6 Å². The second kappa shape index (κ2) is 11.6. The second-order valence-corrected chi connectivity index (χ2v) is 10.7. The van der Waals surface area contributed by atoms with Gasteiger partial charge in [0.2, 0.25) is 5.91 Å². The lowest BCUT2D eigenvalue weighted by Gasteiger charge is -2.25. The molecule has 198 valence electrons. The molecule has 0 aliphatic heterocycles. The Morgan fingerprint density at radius 2 is 1.71 bits per heavy atom. The van der Waals surface area contributed by atoms with Gasteiger partial charge in [0, 0.05) is 31.8 Å². The molecule has 13 heteroatoms. The van der Waals surface area contributed by atoms with Gasteiger partial charge in [0.25, 0.3) is 0 Å². The summed E-state index contributed by atoms with van der Waals surface area (Å²) in [5, 5.41) is 2.32. The molecule has 0 fully saturated rings. The van der Waals surface area contributed by atoms with E-state index in [0.717, 1.165) is 16.8 Å². The van der Waals surface area contributed by atoms with Gasteiger partial charge in [-0.05, 0) is 41.5 Å². The molecule has 1 heterocycles. The largest absolute Gasteiger partial charge is 0.330 e. The number of benzene rings is 3. The first-order valence-electron chi connectivity index (χ1n) is 11.3. The van der Waals surface area contributed by atoms with E-state index in [1.165, 1.54) is 23.3 Å². The van der Waals surface area contributed by atoms with Crippen molar-refractivity contribution in [3.63, 3.8) is 0 Å². The highest BCUT2D eigenvalue weighted by Crippen LogP contribution is 2.24. The predicted molar refractivity (Wildman–Crippen MR) is 141 cm³/mol. The van der Waals surface area contributed by atoms with Crippen molar-refractivity contribution in [1.29, 1.82) is 0 Å².